The Labute approximate surface area is 104 Å². The van der Waals surface area contributed by atoms with Crippen molar-refractivity contribution in [3.63, 3.8) is 0 Å². The molecule has 1 heterocycles. The van der Waals surface area contributed by atoms with Gasteiger partial charge in [-0.05, 0) is 23.8 Å². The zero-order valence-corrected chi connectivity index (χ0v) is 9.96. The second kappa shape index (κ2) is 5.19. The first-order valence-corrected chi connectivity index (χ1v) is 5.60. The van der Waals surface area contributed by atoms with Gasteiger partial charge in [0, 0.05) is 18.9 Å². The van der Waals surface area contributed by atoms with Crippen LogP contribution in [0.3, 0.4) is 0 Å². The molecule has 1 N–H and O–H groups in total. The second-order valence-corrected chi connectivity index (χ2v) is 4.10. The molecule has 0 saturated heterocycles. The van der Waals surface area contributed by atoms with E-state index in [1.165, 1.54) is 0 Å². The Morgan fingerprint density at radius 2 is 2.00 bits per heavy atom. The van der Waals surface area contributed by atoms with E-state index in [2.05, 4.69) is 10.3 Å². The highest BCUT2D eigenvalue weighted by Gasteiger charge is 2.03. The molecule has 16 heavy (non-hydrogen) atoms. The minimum absolute atomic E-state index is 0.549. The van der Waals surface area contributed by atoms with Gasteiger partial charge in [0.1, 0.15) is 0 Å². The van der Waals surface area contributed by atoms with E-state index in [-0.39, 0.29) is 0 Å². The molecule has 0 bridgehead atoms. The van der Waals surface area contributed by atoms with Crippen LogP contribution < -0.4 is 5.32 Å². The smallest absolute Gasteiger partial charge is 0.0823 e. The molecule has 0 aliphatic heterocycles. The Morgan fingerprint density at radius 1 is 1.12 bits per heavy atom. The van der Waals surface area contributed by atoms with Crippen LogP contribution in [0.1, 0.15) is 5.56 Å². The third-order valence-corrected chi connectivity index (χ3v) is 2.98. The molecule has 0 atom stereocenters. The lowest BCUT2D eigenvalue weighted by Gasteiger charge is -2.08. The van der Waals surface area contributed by atoms with Gasteiger partial charge in [-0.2, -0.15) is 0 Å². The monoisotopic (exact) mass is 252 g/mol. The number of pyridine rings is 1. The summed E-state index contributed by atoms with van der Waals surface area (Å²) in [5, 5.41) is 4.32. The third-order valence-electron chi connectivity index (χ3n) is 2.16. The molecule has 82 valence electrons. The molecule has 0 radical (unpaired) electrons. The largest absolute Gasteiger partial charge is 0.380 e. The number of nitrogens with zero attached hydrogens (tertiary/aromatic N) is 1. The minimum Gasteiger partial charge on any atom is -0.380 e. The number of anilines is 1. The van der Waals surface area contributed by atoms with E-state index in [9.17, 15) is 0 Å². The van der Waals surface area contributed by atoms with Crippen LogP contribution in [0, 0.1) is 0 Å². The lowest BCUT2D eigenvalue weighted by atomic mass is 10.2. The van der Waals surface area contributed by atoms with Crippen LogP contribution in [0.2, 0.25) is 10.0 Å². The van der Waals surface area contributed by atoms with Gasteiger partial charge in [-0.15, -0.1) is 0 Å². The summed E-state index contributed by atoms with van der Waals surface area (Å²) in [5.41, 5.74) is 1.93. The predicted octanol–water partition coefficient (Wildman–Crippen LogP) is 4.00. The van der Waals surface area contributed by atoms with E-state index in [0.29, 0.717) is 16.6 Å². The predicted molar refractivity (Wildman–Crippen MR) is 68.0 cm³/mol. The highest BCUT2D eigenvalue weighted by atomic mass is 35.5. The standard InChI is InChI=1S/C12H10Cl2N2/c13-10-4-1-5-11(12(10)14)16-8-9-3-2-6-15-7-9/h1-7,16H,8H2. The van der Waals surface area contributed by atoms with E-state index in [1.807, 2.05) is 30.5 Å². The fourth-order valence-electron chi connectivity index (χ4n) is 1.34. The van der Waals surface area contributed by atoms with Crippen LogP contribution in [-0.4, -0.2) is 4.98 Å². The maximum absolute atomic E-state index is 6.05. The molecule has 1 aromatic heterocycles. The number of rotatable bonds is 3. The Hall–Kier alpha value is -1.25. The Balaban J connectivity index is 2.08. The summed E-state index contributed by atoms with van der Waals surface area (Å²) >= 11 is 12.0. The van der Waals surface area contributed by atoms with Crippen molar-refractivity contribution in [1.82, 2.24) is 4.98 Å². The Kier molecular flexibility index (Phi) is 3.65. The number of hydrogen-bond acceptors (Lipinski definition) is 2. The number of nitrogens with one attached hydrogen (secondary N) is 1. The Bertz CT molecular complexity index is 472. The van der Waals surface area contributed by atoms with Crippen molar-refractivity contribution in [2.24, 2.45) is 0 Å². The van der Waals surface area contributed by atoms with Gasteiger partial charge >= 0.3 is 0 Å². The summed E-state index contributed by atoms with van der Waals surface area (Å²) in [4.78, 5) is 4.04. The molecule has 4 heteroatoms. The summed E-state index contributed by atoms with van der Waals surface area (Å²) in [6, 6.07) is 9.42. The van der Waals surface area contributed by atoms with E-state index in [4.69, 9.17) is 23.2 Å². The van der Waals surface area contributed by atoms with Crippen LogP contribution in [0.5, 0.6) is 0 Å². The van der Waals surface area contributed by atoms with Crippen molar-refractivity contribution in [3.05, 3.63) is 58.3 Å². The number of aromatic nitrogens is 1. The first-order valence-electron chi connectivity index (χ1n) is 4.84. The summed E-state index contributed by atoms with van der Waals surface area (Å²) in [5.74, 6) is 0. The van der Waals surface area contributed by atoms with Crippen molar-refractivity contribution >= 4 is 28.9 Å². The number of benzene rings is 1. The zero-order valence-electron chi connectivity index (χ0n) is 8.45. The SMILES string of the molecule is Clc1cccc(NCc2cccnc2)c1Cl. The molecule has 2 nitrogen and oxygen atoms in total. The maximum Gasteiger partial charge on any atom is 0.0823 e. The molecular weight excluding hydrogens is 243 g/mol. The third kappa shape index (κ3) is 2.65. The van der Waals surface area contributed by atoms with Gasteiger partial charge in [0.2, 0.25) is 0 Å². The average Bonchev–Trinajstić information content (AvgIpc) is 2.32. The molecule has 0 aliphatic rings. The quantitative estimate of drug-likeness (QED) is 0.894. The number of hydrogen-bond donors (Lipinski definition) is 1. The molecule has 2 rings (SSSR count). The van der Waals surface area contributed by atoms with Crippen molar-refractivity contribution < 1.29 is 0 Å². The minimum atomic E-state index is 0.549. The summed E-state index contributed by atoms with van der Waals surface area (Å²) in [6.45, 7) is 0.675. The molecule has 0 spiro atoms. The molecule has 0 amide bonds. The fourth-order valence-corrected chi connectivity index (χ4v) is 1.71. The molecular formula is C12H10Cl2N2. The van der Waals surface area contributed by atoms with Gasteiger partial charge in [0.25, 0.3) is 0 Å². The van der Waals surface area contributed by atoms with Crippen LogP contribution in [0.25, 0.3) is 0 Å². The van der Waals surface area contributed by atoms with Crippen LogP contribution in [-0.2, 0) is 6.54 Å². The molecule has 0 unspecified atom stereocenters. The van der Waals surface area contributed by atoms with Gasteiger partial charge in [-0.25, -0.2) is 0 Å². The van der Waals surface area contributed by atoms with Crippen LogP contribution in [0.4, 0.5) is 5.69 Å². The first kappa shape index (κ1) is 11.2. The normalized spacial score (nSPS) is 10.1. The van der Waals surface area contributed by atoms with Crippen molar-refractivity contribution in [2.45, 2.75) is 6.54 Å². The van der Waals surface area contributed by atoms with Gasteiger partial charge in [-0.1, -0.05) is 35.3 Å². The van der Waals surface area contributed by atoms with E-state index in [1.54, 1.807) is 12.3 Å². The molecule has 0 aliphatic carbocycles. The zero-order chi connectivity index (χ0) is 11.4. The lowest BCUT2D eigenvalue weighted by Crippen LogP contribution is -2.00. The van der Waals surface area contributed by atoms with Gasteiger partial charge in [0.15, 0.2) is 0 Å². The van der Waals surface area contributed by atoms with E-state index < -0.39 is 0 Å². The highest BCUT2D eigenvalue weighted by molar-refractivity contribution is 6.43. The van der Waals surface area contributed by atoms with Gasteiger partial charge < -0.3 is 5.32 Å². The topological polar surface area (TPSA) is 24.9 Å². The first-order chi connectivity index (χ1) is 7.77. The molecule has 0 saturated carbocycles. The fraction of sp³-hybridized carbons (Fsp3) is 0.0833. The second-order valence-electron chi connectivity index (χ2n) is 3.32. The maximum atomic E-state index is 6.05. The molecule has 2 aromatic rings. The summed E-state index contributed by atoms with van der Waals surface area (Å²) < 4.78 is 0. The van der Waals surface area contributed by atoms with E-state index in [0.717, 1.165) is 11.3 Å². The summed E-state index contributed by atoms with van der Waals surface area (Å²) in [7, 11) is 0. The van der Waals surface area contributed by atoms with Crippen LogP contribution >= 0.6 is 23.2 Å². The highest BCUT2D eigenvalue weighted by Crippen LogP contribution is 2.29. The lowest BCUT2D eigenvalue weighted by molar-refractivity contribution is 1.11. The average molecular weight is 253 g/mol. The molecule has 0 fully saturated rings. The van der Waals surface area contributed by atoms with Crippen LogP contribution in [0.15, 0.2) is 42.7 Å². The summed E-state index contributed by atoms with van der Waals surface area (Å²) in [6.07, 6.45) is 3.56. The molecule has 1 aromatic carbocycles. The number of halogens is 2. The van der Waals surface area contributed by atoms with Crippen molar-refractivity contribution in [3.8, 4) is 0 Å². The van der Waals surface area contributed by atoms with Crippen molar-refractivity contribution in [2.75, 3.05) is 5.32 Å². The Morgan fingerprint density at radius 3 is 2.75 bits per heavy atom. The van der Waals surface area contributed by atoms with Gasteiger partial charge in [-0.3, -0.25) is 4.98 Å². The van der Waals surface area contributed by atoms with E-state index >= 15 is 0 Å². The van der Waals surface area contributed by atoms with Gasteiger partial charge in [0.05, 0.1) is 15.7 Å². The van der Waals surface area contributed by atoms with Crippen molar-refractivity contribution in [1.29, 1.82) is 0 Å².